The molecule has 3 rings (SSSR count). The number of benzene rings is 1. The number of nitro groups is 1. The molecule has 0 saturated carbocycles. The Balaban J connectivity index is 1.65. The predicted octanol–water partition coefficient (Wildman–Crippen LogP) is 2.47. The van der Waals surface area contributed by atoms with Gasteiger partial charge in [0.05, 0.1) is 23.9 Å². The summed E-state index contributed by atoms with van der Waals surface area (Å²) in [6, 6.07) is 7.22. The van der Waals surface area contributed by atoms with Crippen LogP contribution < -0.4 is 5.32 Å². The van der Waals surface area contributed by atoms with Crippen molar-refractivity contribution in [2.75, 3.05) is 5.32 Å². The highest BCUT2D eigenvalue weighted by molar-refractivity contribution is 6.33. The zero-order valence-electron chi connectivity index (χ0n) is 13.2. The number of amides is 1. The van der Waals surface area contributed by atoms with Gasteiger partial charge in [-0.2, -0.15) is 9.78 Å². The first-order valence-corrected chi connectivity index (χ1v) is 7.73. The van der Waals surface area contributed by atoms with Gasteiger partial charge in [-0.3, -0.25) is 9.48 Å². The maximum Gasteiger partial charge on any atom is 0.389 e. The van der Waals surface area contributed by atoms with Gasteiger partial charge in [0.1, 0.15) is 17.4 Å². The Morgan fingerprint density at radius 1 is 1.31 bits per heavy atom. The number of hydrogen-bond acceptors (Lipinski definition) is 5. The molecule has 9 nitrogen and oxygen atoms in total. The second-order valence-corrected chi connectivity index (χ2v) is 5.74. The van der Waals surface area contributed by atoms with E-state index in [0.29, 0.717) is 5.56 Å². The van der Waals surface area contributed by atoms with Crippen LogP contribution in [-0.4, -0.2) is 30.4 Å². The molecule has 0 atom stereocenters. The van der Waals surface area contributed by atoms with Gasteiger partial charge < -0.3 is 15.4 Å². The van der Waals surface area contributed by atoms with Crippen molar-refractivity contribution in [3.63, 3.8) is 0 Å². The molecule has 11 heteroatoms. The van der Waals surface area contributed by atoms with Crippen LogP contribution in [-0.2, 0) is 17.9 Å². The first kappa shape index (κ1) is 17.5. The highest BCUT2D eigenvalue weighted by Gasteiger charge is 2.16. The topological polar surface area (TPSA) is 108 Å². The molecule has 1 aromatic carbocycles. The first-order chi connectivity index (χ1) is 12.4. The summed E-state index contributed by atoms with van der Waals surface area (Å²) in [6.45, 7) is 0.0413. The fourth-order valence-corrected chi connectivity index (χ4v) is 2.44. The number of carbonyl (C=O) groups is 1. The van der Waals surface area contributed by atoms with Crippen LogP contribution in [0.4, 0.5) is 16.0 Å². The van der Waals surface area contributed by atoms with Gasteiger partial charge in [-0.05, 0) is 22.6 Å². The summed E-state index contributed by atoms with van der Waals surface area (Å²) in [4.78, 5) is 22.0. The molecule has 0 spiro atoms. The van der Waals surface area contributed by atoms with E-state index < -0.39 is 10.8 Å². The van der Waals surface area contributed by atoms with Gasteiger partial charge in [-0.1, -0.05) is 23.7 Å². The summed E-state index contributed by atoms with van der Waals surface area (Å²) in [5.74, 6) is -1.08. The molecule has 3 aromatic rings. The molecule has 0 unspecified atom stereocenters. The van der Waals surface area contributed by atoms with Crippen molar-refractivity contribution in [2.24, 2.45) is 0 Å². The number of nitrogens with zero attached hydrogens (tertiary/aromatic N) is 5. The summed E-state index contributed by atoms with van der Waals surface area (Å²) >= 11 is 6.05. The zero-order chi connectivity index (χ0) is 18.7. The van der Waals surface area contributed by atoms with E-state index in [4.69, 9.17) is 11.6 Å². The van der Waals surface area contributed by atoms with Gasteiger partial charge >= 0.3 is 5.82 Å². The molecule has 0 bridgehead atoms. The second-order valence-electron chi connectivity index (χ2n) is 5.33. The van der Waals surface area contributed by atoms with Crippen molar-refractivity contribution in [1.82, 2.24) is 19.6 Å². The van der Waals surface area contributed by atoms with E-state index in [1.807, 2.05) is 0 Å². The summed E-state index contributed by atoms with van der Waals surface area (Å²) < 4.78 is 15.8. The minimum Gasteiger partial charge on any atom is -0.358 e. The minimum absolute atomic E-state index is 0.134. The molecule has 1 N–H and O–H groups in total. The molecule has 1 amide bonds. The molecular formula is C15H12ClFN6O3. The Hall–Kier alpha value is -3.27. The third-order valence-corrected chi connectivity index (χ3v) is 3.60. The van der Waals surface area contributed by atoms with Crippen LogP contribution in [0, 0.1) is 15.9 Å². The van der Waals surface area contributed by atoms with Crippen molar-refractivity contribution in [2.45, 2.75) is 13.1 Å². The van der Waals surface area contributed by atoms with Crippen LogP contribution in [0.5, 0.6) is 0 Å². The molecule has 26 heavy (non-hydrogen) atoms. The number of anilines is 1. The van der Waals surface area contributed by atoms with Crippen LogP contribution in [0.1, 0.15) is 5.56 Å². The highest BCUT2D eigenvalue weighted by atomic mass is 35.5. The Kier molecular flexibility index (Phi) is 4.94. The fraction of sp³-hybridized carbons (Fsp3) is 0.133. The molecule has 0 aliphatic heterocycles. The molecular weight excluding hydrogens is 367 g/mol. The Bertz CT molecular complexity index is 970. The number of rotatable bonds is 6. The maximum atomic E-state index is 13.2. The monoisotopic (exact) mass is 378 g/mol. The molecule has 134 valence electrons. The fourth-order valence-electron chi connectivity index (χ4n) is 2.24. The van der Waals surface area contributed by atoms with E-state index in [-0.39, 0.29) is 35.6 Å². The summed E-state index contributed by atoms with van der Waals surface area (Å²) in [5, 5.41) is 21.1. The quantitative estimate of drug-likeness (QED) is 0.523. The molecule has 0 radical (unpaired) electrons. The largest absolute Gasteiger partial charge is 0.389 e. The van der Waals surface area contributed by atoms with Gasteiger partial charge in [0.25, 0.3) is 0 Å². The number of carbonyl (C=O) groups excluding carboxylic acids is 1. The minimum atomic E-state index is -0.653. The number of halogens is 2. The maximum absolute atomic E-state index is 13.2. The molecule has 0 aliphatic rings. The van der Waals surface area contributed by atoms with E-state index in [0.717, 1.165) is 4.68 Å². The number of hydrogen-bond donors (Lipinski definition) is 1. The van der Waals surface area contributed by atoms with Gasteiger partial charge in [-0.15, -0.1) is 0 Å². The van der Waals surface area contributed by atoms with Gasteiger partial charge in [0.2, 0.25) is 5.91 Å². The van der Waals surface area contributed by atoms with Crippen molar-refractivity contribution in [3.05, 3.63) is 69.2 Å². The lowest BCUT2D eigenvalue weighted by atomic mass is 10.2. The first-order valence-electron chi connectivity index (χ1n) is 7.36. The number of aromatic nitrogens is 4. The Labute approximate surface area is 151 Å². The van der Waals surface area contributed by atoms with Crippen molar-refractivity contribution < 1.29 is 14.1 Å². The zero-order valence-corrected chi connectivity index (χ0v) is 13.9. The van der Waals surface area contributed by atoms with Crippen LogP contribution in [0.3, 0.4) is 0 Å². The predicted molar refractivity (Wildman–Crippen MR) is 90.3 cm³/mol. The summed E-state index contributed by atoms with van der Waals surface area (Å²) in [6.07, 6.45) is 2.82. The third kappa shape index (κ3) is 4.22. The average Bonchev–Trinajstić information content (AvgIpc) is 3.15. The Morgan fingerprint density at radius 3 is 2.81 bits per heavy atom. The van der Waals surface area contributed by atoms with E-state index in [9.17, 15) is 19.3 Å². The normalized spacial score (nSPS) is 10.7. The smallest absolute Gasteiger partial charge is 0.358 e. The summed E-state index contributed by atoms with van der Waals surface area (Å²) in [7, 11) is 0. The SMILES string of the molecule is O=C(Cn1ccc([N+](=O)[O-])n1)Nc1nn(Cc2cccc(F)c2)cc1Cl. The molecule has 0 fully saturated rings. The molecule has 0 aliphatic carbocycles. The van der Waals surface area contributed by atoms with E-state index in [2.05, 4.69) is 15.5 Å². The van der Waals surface area contributed by atoms with Gasteiger partial charge in [0.15, 0.2) is 5.82 Å². The lowest BCUT2D eigenvalue weighted by Gasteiger charge is -2.02. The summed E-state index contributed by atoms with van der Waals surface area (Å²) in [5.41, 5.74) is 0.686. The van der Waals surface area contributed by atoms with Crippen LogP contribution in [0.15, 0.2) is 42.7 Å². The van der Waals surface area contributed by atoms with Crippen molar-refractivity contribution >= 4 is 29.1 Å². The average molecular weight is 379 g/mol. The highest BCUT2D eigenvalue weighted by Crippen LogP contribution is 2.20. The van der Waals surface area contributed by atoms with Crippen LogP contribution >= 0.6 is 11.6 Å². The van der Waals surface area contributed by atoms with Gasteiger partial charge in [-0.25, -0.2) is 4.39 Å². The standard InChI is InChI=1S/C15H12ClFN6O3/c16-12-8-22(7-10-2-1-3-11(17)6-10)20-15(12)18-14(24)9-21-5-4-13(19-21)23(25)26/h1-6,8H,7,9H2,(H,18,20,24). The van der Waals surface area contributed by atoms with Crippen molar-refractivity contribution in [3.8, 4) is 0 Å². The van der Waals surface area contributed by atoms with E-state index >= 15 is 0 Å². The van der Waals surface area contributed by atoms with E-state index in [1.54, 1.807) is 12.1 Å². The lowest BCUT2D eigenvalue weighted by molar-refractivity contribution is -0.389. The van der Waals surface area contributed by atoms with Gasteiger partial charge in [0, 0.05) is 6.20 Å². The van der Waals surface area contributed by atoms with Crippen LogP contribution in [0.2, 0.25) is 5.02 Å². The lowest BCUT2D eigenvalue weighted by Crippen LogP contribution is -2.19. The number of nitrogens with one attached hydrogen (secondary N) is 1. The molecule has 0 saturated heterocycles. The molecule has 2 heterocycles. The van der Waals surface area contributed by atoms with Crippen molar-refractivity contribution in [1.29, 1.82) is 0 Å². The van der Waals surface area contributed by atoms with Crippen LogP contribution in [0.25, 0.3) is 0 Å². The second kappa shape index (κ2) is 7.31. The van der Waals surface area contributed by atoms with E-state index in [1.165, 1.54) is 35.3 Å². The third-order valence-electron chi connectivity index (χ3n) is 3.33. The Morgan fingerprint density at radius 2 is 2.12 bits per heavy atom. The molecule has 2 aromatic heterocycles.